The Bertz CT molecular complexity index is 1690. The lowest BCUT2D eigenvalue weighted by molar-refractivity contribution is 1.02. The van der Waals surface area contributed by atoms with Crippen molar-refractivity contribution in [1.82, 2.24) is 28.5 Å². The first-order valence-electron chi connectivity index (χ1n) is 11.5. The van der Waals surface area contributed by atoms with Crippen LogP contribution in [-0.4, -0.2) is 28.5 Å². The third-order valence-electron chi connectivity index (χ3n) is 6.75. The van der Waals surface area contributed by atoms with Gasteiger partial charge in [-0.2, -0.15) is 0 Å². The summed E-state index contributed by atoms with van der Waals surface area (Å²) in [7, 11) is 0. The molecule has 0 atom stereocenters. The average Bonchev–Trinajstić information content (AvgIpc) is 3.50. The van der Waals surface area contributed by atoms with E-state index in [2.05, 4.69) is 113 Å². The van der Waals surface area contributed by atoms with Crippen LogP contribution in [0.2, 0.25) is 0 Å². The van der Waals surface area contributed by atoms with E-state index in [0.29, 0.717) is 0 Å². The summed E-state index contributed by atoms with van der Waals surface area (Å²) in [5.41, 5.74) is 12.1. The fourth-order valence-electron chi connectivity index (χ4n) is 5.02. The molecule has 168 valence electrons. The van der Waals surface area contributed by atoms with Crippen molar-refractivity contribution in [3.8, 4) is 22.8 Å². The summed E-state index contributed by atoms with van der Waals surface area (Å²) in [6, 6.07) is 15.2. The number of hydrogen-bond donors (Lipinski definition) is 0. The van der Waals surface area contributed by atoms with Crippen LogP contribution in [0.5, 0.6) is 0 Å². The molecule has 0 aliphatic rings. The largest absolute Gasteiger partial charge is 0.306 e. The van der Waals surface area contributed by atoms with Gasteiger partial charge in [0.2, 0.25) is 0 Å². The smallest absolute Gasteiger partial charge is 0.168 e. The number of rotatable bonds is 3. The molecule has 4 heterocycles. The summed E-state index contributed by atoms with van der Waals surface area (Å²) in [6.45, 7) is 10.7. The van der Waals surface area contributed by atoms with Gasteiger partial charge in [-0.3, -0.25) is 4.57 Å². The molecule has 6 heteroatoms. The third-order valence-corrected chi connectivity index (χ3v) is 6.75. The van der Waals surface area contributed by atoms with E-state index in [-0.39, 0.29) is 0 Å². The van der Waals surface area contributed by atoms with Gasteiger partial charge in [0.15, 0.2) is 5.65 Å². The fourth-order valence-corrected chi connectivity index (χ4v) is 5.02. The lowest BCUT2D eigenvalue weighted by Gasteiger charge is -2.18. The molecule has 0 spiro atoms. The van der Waals surface area contributed by atoms with E-state index in [1.807, 2.05) is 0 Å². The summed E-state index contributed by atoms with van der Waals surface area (Å²) < 4.78 is 6.65. The first-order valence-corrected chi connectivity index (χ1v) is 11.5. The van der Waals surface area contributed by atoms with Crippen molar-refractivity contribution in [2.24, 2.45) is 0 Å². The lowest BCUT2D eigenvalue weighted by atomic mass is 10.0. The second-order valence-electron chi connectivity index (χ2n) is 9.07. The molecule has 6 rings (SSSR count). The Balaban J connectivity index is 1.62. The minimum Gasteiger partial charge on any atom is -0.306 e. The van der Waals surface area contributed by atoms with E-state index in [0.717, 1.165) is 39.4 Å². The van der Waals surface area contributed by atoms with E-state index in [1.165, 1.54) is 28.1 Å². The summed E-state index contributed by atoms with van der Waals surface area (Å²) in [4.78, 5) is 13.9. The first kappa shape index (κ1) is 20.4. The number of fused-ring (bicyclic) bond motifs is 2. The Labute approximate surface area is 198 Å². The minimum atomic E-state index is 0.789. The van der Waals surface area contributed by atoms with E-state index >= 15 is 0 Å². The molecule has 0 unspecified atom stereocenters. The van der Waals surface area contributed by atoms with Crippen LogP contribution in [0.15, 0.2) is 67.4 Å². The second kappa shape index (κ2) is 7.42. The third kappa shape index (κ3) is 2.91. The Morgan fingerprint density at radius 1 is 0.765 bits per heavy atom. The SMILES string of the molecule is Cc1cc(-n2c(-c3c(C)cccc3C)nc3cncnc32)c(C)cc1-n1ccn2c(C)ccc12. The maximum absolute atomic E-state index is 5.00. The van der Waals surface area contributed by atoms with E-state index in [4.69, 9.17) is 4.98 Å². The Morgan fingerprint density at radius 3 is 2.29 bits per heavy atom. The van der Waals surface area contributed by atoms with Crippen molar-refractivity contribution >= 4 is 16.8 Å². The zero-order valence-electron chi connectivity index (χ0n) is 20.0. The van der Waals surface area contributed by atoms with Crippen LogP contribution < -0.4 is 0 Å². The minimum absolute atomic E-state index is 0.789. The molecular weight excluding hydrogens is 420 g/mol. The normalized spacial score (nSPS) is 11.7. The van der Waals surface area contributed by atoms with Gasteiger partial charge in [-0.15, -0.1) is 0 Å². The molecule has 4 aromatic heterocycles. The van der Waals surface area contributed by atoms with Gasteiger partial charge in [0.05, 0.1) is 17.6 Å². The molecule has 0 N–H and O–H groups in total. The van der Waals surface area contributed by atoms with Gasteiger partial charge in [-0.1, -0.05) is 18.2 Å². The van der Waals surface area contributed by atoms with Crippen LogP contribution >= 0.6 is 0 Å². The predicted octanol–water partition coefficient (Wildman–Crippen LogP) is 6.07. The summed E-state index contributed by atoms with van der Waals surface area (Å²) in [5, 5.41) is 0. The highest BCUT2D eigenvalue weighted by Crippen LogP contribution is 2.34. The monoisotopic (exact) mass is 446 g/mol. The molecule has 6 aromatic rings. The van der Waals surface area contributed by atoms with E-state index in [9.17, 15) is 0 Å². The van der Waals surface area contributed by atoms with Gasteiger partial charge < -0.3 is 8.97 Å². The molecular formula is C28H26N6. The molecule has 6 nitrogen and oxygen atoms in total. The van der Waals surface area contributed by atoms with Crippen molar-refractivity contribution in [2.45, 2.75) is 34.6 Å². The van der Waals surface area contributed by atoms with Crippen molar-refractivity contribution in [3.63, 3.8) is 0 Å². The van der Waals surface area contributed by atoms with Gasteiger partial charge in [-0.05, 0) is 81.1 Å². The molecule has 0 saturated carbocycles. The highest BCUT2D eigenvalue weighted by atomic mass is 15.2. The van der Waals surface area contributed by atoms with Gasteiger partial charge in [0, 0.05) is 23.7 Å². The lowest BCUT2D eigenvalue weighted by Crippen LogP contribution is -2.06. The Hall–Kier alpha value is -4.19. The fraction of sp³-hybridized carbons (Fsp3) is 0.179. The van der Waals surface area contributed by atoms with Gasteiger partial charge >= 0.3 is 0 Å². The van der Waals surface area contributed by atoms with Crippen LogP contribution in [0, 0.1) is 34.6 Å². The summed E-state index contributed by atoms with van der Waals surface area (Å²) in [5.74, 6) is 0.895. The van der Waals surface area contributed by atoms with Crippen molar-refractivity contribution in [1.29, 1.82) is 0 Å². The molecule has 0 saturated heterocycles. The summed E-state index contributed by atoms with van der Waals surface area (Å²) >= 11 is 0. The molecule has 0 aliphatic heterocycles. The number of benzene rings is 2. The van der Waals surface area contributed by atoms with Crippen LogP contribution in [-0.2, 0) is 0 Å². The Morgan fingerprint density at radius 2 is 1.50 bits per heavy atom. The number of imidazole rings is 2. The highest BCUT2D eigenvalue weighted by Gasteiger charge is 2.21. The number of aromatic nitrogens is 6. The predicted molar refractivity (Wildman–Crippen MR) is 136 cm³/mol. The molecule has 0 amide bonds. The van der Waals surface area contributed by atoms with Crippen LogP contribution in [0.4, 0.5) is 0 Å². The number of aryl methyl sites for hydroxylation is 5. The van der Waals surface area contributed by atoms with Crippen molar-refractivity contribution in [3.05, 3.63) is 95.3 Å². The van der Waals surface area contributed by atoms with Gasteiger partial charge in [0.25, 0.3) is 0 Å². The van der Waals surface area contributed by atoms with Crippen LogP contribution in [0.25, 0.3) is 39.6 Å². The first-order chi connectivity index (χ1) is 16.4. The topological polar surface area (TPSA) is 52.9 Å². The summed E-state index contributed by atoms with van der Waals surface area (Å²) in [6.07, 6.45) is 7.63. The zero-order valence-corrected chi connectivity index (χ0v) is 20.0. The number of nitrogens with zero attached hydrogens (tertiary/aromatic N) is 6. The molecule has 34 heavy (non-hydrogen) atoms. The quantitative estimate of drug-likeness (QED) is 0.332. The average molecular weight is 447 g/mol. The van der Waals surface area contributed by atoms with Crippen molar-refractivity contribution in [2.75, 3.05) is 0 Å². The van der Waals surface area contributed by atoms with E-state index in [1.54, 1.807) is 12.5 Å². The van der Waals surface area contributed by atoms with Gasteiger partial charge in [-0.25, -0.2) is 15.0 Å². The second-order valence-corrected chi connectivity index (χ2v) is 9.07. The Kier molecular flexibility index (Phi) is 4.45. The van der Waals surface area contributed by atoms with E-state index < -0.39 is 0 Å². The highest BCUT2D eigenvalue weighted by molar-refractivity contribution is 5.82. The molecule has 0 fully saturated rings. The van der Waals surface area contributed by atoms with Crippen LogP contribution in [0.1, 0.15) is 27.9 Å². The standard InChI is InChI=1S/C28H26N6/c1-17-7-6-8-18(2)26(17)28-31-22-15-29-16-30-27(22)34(28)24-14-19(3)23(13-20(24)4)33-12-11-32-21(5)9-10-25(32)33/h6-16H,1-5H3. The van der Waals surface area contributed by atoms with Crippen LogP contribution in [0.3, 0.4) is 0 Å². The molecule has 0 aliphatic carbocycles. The molecule has 0 radical (unpaired) electrons. The van der Waals surface area contributed by atoms with Gasteiger partial charge in [0.1, 0.15) is 23.3 Å². The maximum atomic E-state index is 5.00. The zero-order chi connectivity index (χ0) is 23.6. The maximum Gasteiger partial charge on any atom is 0.168 e. The number of hydrogen-bond acceptors (Lipinski definition) is 3. The molecule has 0 bridgehead atoms. The molecule has 2 aromatic carbocycles. The van der Waals surface area contributed by atoms with Crippen molar-refractivity contribution < 1.29 is 0 Å².